The van der Waals surface area contributed by atoms with Crippen LogP contribution in [0.2, 0.25) is 0 Å². The zero-order valence-corrected chi connectivity index (χ0v) is 12.4. The Morgan fingerprint density at radius 2 is 1.77 bits per heavy atom. The highest BCUT2D eigenvalue weighted by Crippen LogP contribution is 2.25. The molecule has 2 aromatic carbocycles. The van der Waals surface area contributed by atoms with E-state index in [-0.39, 0.29) is 5.97 Å². The number of carbonyl (C=O) groups is 1. The molecule has 0 saturated heterocycles. The van der Waals surface area contributed by atoms with Crippen molar-refractivity contribution in [2.75, 3.05) is 6.61 Å². The topological polar surface area (TPSA) is 42.1 Å². The Hall–Kier alpha value is -2.81. The smallest absolute Gasteiger partial charge is 0.355 e. The summed E-state index contributed by atoms with van der Waals surface area (Å²) in [5.74, 6) is -0.327. The number of hydrogen-bond donors (Lipinski definition) is 1. The van der Waals surface area contributed by atoms with E-state index in [4.69, 9.17) is 4.74 Å². The van der Waals surface area contributed by atoms with Crippen LogP contribution in [0.4, 0.5) is 0 Å². The molecule has 0 bridgehead atoms. The largest absolute Gasteiger partial charge is 0.461 e. The molecule has 0 aliphatic carbocycles. The molecule has 0 spiro atoms. The molecule has 0 saturated carbocycles. The predicted molar refractivity (Wildman–Crippen MR) is 89.6 cm³/mol. The molecule has 110 valence electrons. The van der Waals surface area contributed by atoms with Crippen LogP contribution in [0.1, 0.15) is 28.5 Å². The summed E-state index contributed by atoms with van der Waals surface area (Å²) in [5.41, 5.74) is 3.37. The normalized spacial score (nSPS) is 11.1. The van der Waals surface area contributed by atoms with Gasteiger partial charge < -0.3 is 9.72 Å². The van der Waals surface area contributed by atoms with Crippen molar-refractivity contribution < 1.29 is 9.53 Å². The Morgan fingerprint density at radius 3 is 2.55 bits per heavy atom. The fraction of sp³-hybridized carbons (Fsp3) is 0.105. The predicted octanol–water partition coefficient (Wildman–Crippen LogP) is 4.52. The minimum Gasteiger partial charge on any atom is -0.461 e. The molecule has 3 rings (SSSR count). The Bertz CT molecular complexity index is 816. The van der Waals surface area contributed by atoms with Crippen LogP contribution < -0.4 is 0 Å². The van der Waals surface area contributed by atoms with Gasteiger partial charge in [0.1, 0.15) is 5.69 Å². The average molecular weight is 291 g/mol. The van der Waals surface area contributed by atoms with E-state index in [2.05, 4.69) is 4.98 Å². The number of fused-ring (bicyclic) bond motifs is 1. The van der Waals surface area contributed by atoms with Gasteiger partial charge in [0.2, 0.25) is 0 Å². The Balaban J connectivity index is 2.07. The summed E-state index contributed by atoms with van der Waals surface area (Å²) in [4.78, 5) is 15.3. The van der Waals surface area contributed by atoms with Crippen LogP contribution in [0, 0.1) is 0 Å². The number of rotatable bonds is 4. The monoisotopic (exact) mass is 291 g/mol. The molecule has 0 atom stereocenters. The molecule has 1 N–H and O–H groups in total. The van der Waals surface area contributed by atoms with Gasteiger partial charge in [-0.15, -0.1) is 0 Å². The molecule has 0 fully saturated rings. The van der Waals surface area contributed by atoms with Crippen molar-refractivity contribution in [3.05, 3.63) is 71.4 Å². The molecule has 3 nitrogen and oxygen atoms in total. The molecule has 1 heterocycles. The van der Waals surface area contributed by atoms with Crippen molar-refractivity contribution in [2.24, 2.45) is 0 Å². The maximum absolute atomic E-state index is 12.2. The van der Waals surface area contributed by atoms with Gasteiger partial charge in [0, 0.05) is 16.5 Å². The van der Waals surface area contributed by atoms with Crippen molar-refractivity contribution in [2.45, 2.75) is 6.92 Å². The Kier molecular flexibility index (Phi) is 4.05. The molecule has 3 heteroatoms. The van der Waals surface area contributed by atoms with E-state index in [9.17, 15) is 4.79 Å². The van der Waals surface area contributed by atoms with Crippen molar-refractivity contribution in [1.29, 1.82) is 0 Å². The second-order valence-electron chi connectivity index (χ2n) is 4.92. The quantitative estimate of drug-likeness (QED) is 0.718. The van der Waals surface area contributed by atoms with Crippen molar-refractivity contribution in [1.82, 2.24) is 4.98 Å². The van der Waals surface area contributed by atoms with Crippen molar-refractivity contribution in [3.63, 3.8) is 0 Å². The fourth-order valence-corrected chi connectivity index (χ4v) is 2.44. The number of H-pyrrole nitrogens is 1. The van der Waals surface area contributed by atoms with Crippen LogP contribution in [0.5, 0.6) is 0 Å². The number of benzene rings is 2. The average Bonchev–Trinajstić information content (AvgIpc) is 2.93. The summed E-state index contributed by atoms with van der Waals surface area (Å²) in [7, 11) is 0. The standard InChI is InChI=1S/C19H17NO2/c1-2-22-19(21)18-16(13-12-14-8-4-3-5-9-14)15-10-6-7-11-17(15)20-18/h3-13,20H,2H2,1H3. The second kappa shape index (κ2) is 6.31. The summed E-state index contributed by atoms with van der Waals surface area (Å²) < 4.78 is 5.15. The van der Waals surface area contributed by atoms with E-state index >= 15 is 0 Å². The number of esters is 1. The molecular formula is C19H17NO2. The minimum absolute atomic E-state index is 0.327. The number of ether oxygens (including phenoxy) is 1. The number of hydrogen-bond acceptors (Lipinski definition) is 2. The summed E-state index contributed by atoms with van der Waals surface area (Å²) >= 11 is 0. The number of nitrogens with one attached hydrogen (secondary N) is 1. The van der Waals surface area contributed by atoms with Gasteiger partial charge in [0.25, 0.3) is 0 Å². The Morgan fingerprint density at radius 1 is 1.05 bits per heavy atom. The molecule has 0 amide bonds. The lowest BCUT2D eigenvalue weighted by atomic mass is 10.1. The van der Waals surface area contributed by atoms with Gasteiger partial charge in [-0.25, -0.2) is 4.79 Å². The van der Waals surface area contributed by atoms with Crippen LogP contribution >= 0.6 is 0 Å². The molecule has 22 heavy (non-hydrogen) atoms. The highest BCUT2D eigenvalue weighted by atomic mass is 16.5. The van der Waals surface area contributed by atoms with E-state index in [1.807, 2.05) is 66.7 Å². The third-order valence-electron chi connectivity index (χ3n) is 3.47. The maximum atomic E-state index is 12.2. The summed E-state index contributed by atoms with van der Waals surface area (Å²) in [6, 6.07) is 17.9. The van der Waals surface area contributed by atoms with Gasteiger partial charge in [0.05, 0.1) is 6.61 Å². The second-order valence-corrected chi connectivity index (χ2v) is 4.92. The van der Waals surface area contributed by atoms with Gasteiger partial charge in [-0.2, -0.15) is 0 Å². The lowest BCUT2D eigenvalue weighted by Crippen LogP contribution is -2.06. The van der Waals surface area contributed by atoms with Gasteiger partial charge in [0.15, 0.2) is 0 Å². The van der Waals surface area contributed by atoms with Crippen molar-refractivity contribution in [3.8, 4) is 0 Å². The third kappa shape index (κ3) is 2.79. The Labute approximate surface area is 129 Å². The zero-order valence-electron chi connectivity index (χ0n) is 12.4. The summed E-state index contributed by atoms with van der Waals surface area (Å²) in [5, 5.41) is 1.01. The van der Waals surface area contributed by atoms with Crippen LogP contribution in [-0.4, -0.2) is 17.6 Å². The van der Waals surface area contributed by atoms with Gasteiger partial charge in [-0.1, -0.05) is 60.7 Å². The molecule has 3 aromatic rings. The van der Waals surface area contributed by atoms with E-state index in [0.29, 0.717) is 12.3 Å². The minimum atomic E-state index is -0.327. The lowest BCUT2D eigenvalue weighted by Gasteiger charge is -2.01. The van der Waals surface area contributed by atoms with Gasteiger partial charge in [-0.05, 0) is 18.6 Å². The maximum Gasteiger partial charge on any atom is 0.355 e. The fourth-order valence-electron chi connectivity index (χ4n) is 2.44. The van der Waals surface area contributed by atoms with Crippen LogP contribution in [0.15, 0.2) is 54.6 Å². The first-order valence-electron chi connectivity index (χ1n) is 7.30. The van der Waals surface area contributed by atoms with E-state index in [1.54, 1.807) is 6.92 Å². The highest BCUT2D eigenvalue weighted by molar-refractivity contribution is 6.03. The first kappa shape index (κ1) is 14.1. The highest BCUT2D eigenvalue weighted by Gasteiger charge is 2.16. The first-order chi connectivity index (χ1) is 10.8. The molecule has 1 aromatic heterocycles. The van der Waals surface area contributed by atoms with Gasteiger partial charge in [-0.3, -0.25) is 0 Å². The lowest BCUT2D eigenvalue weighted by molar-refractivity contribution is 0.0520. The van der Waals surface area contributed by atoms with E-state index in [1.165, 1.54) is 0 Å². The number of carbonyl (C=O) groups excluding carboxylic acids is 1. The molecular weight excluding hydrogens is 274 g/mol. The molecule has 0 aliphatic heterocycles. The van der Waals surface area contributed by atoms with Crippen molar-refractivity contribution >= 4 is 29.0 Å². The third-order valence-corrected chi connectivity index (χ3v) is 3.47. The number of aromatic amines is 1. The molecule has 0 radical (unpaired) electrons. The van der Waals surface area contributed by atoms with Crippen LogP contribution in [0.3, 0.4) is 0 Å². The first-order valence-corrected chi connectivity index (χ1v) is 7.30. The SMILES string of the molecule is CCOC(=O)c1[nH]c2ccccc2c1C=Cc1ccccc1. The number of aromatic nitrogens is 1. The van der Waals surface area contributed by atoms with E-state index in [0.717, 1.165) is 22.0 Å². The summed E-state index contributed by atoms with van der Waals surface area (Å²) in [6.45, 7) is 2.16. The molecule has 0 aliphatic rings. The van der Waals surface area contributed by atoms with E-state index < -0.39 is 0 Å². The van der Waals surface area contributed by atoms with Crippen LogP contribution in [-0.2, 0) is 4.74 Å². The summed E-state index contributed by atoms with van der Waals surface area (Å²) in [6.07, 6.45) is 3.96. The molecule has 0 unspecified atom stereocenters. The van der Waals surface area contributed by atoms with Crippen LogP contribution in [0.25, 0.3) is 23.1 Å². The zero-order chi connectivity index (χ0) is 15.4. The van der Waals surface area contributed by atoms with Gasteiger partial charge >= 0.3 is 5.97 Å². The number of para-hydroxylation sites is 1.